The first-order valence-corrected chi connectivity index (χ1v) is 8.13. The predicted molar refractivity (Wildman–Crippen MR) is 90.9 cm³/mol. The van der Waals surface area contributed by atoms with Crippen molar-refractivity contribution >= 4 is 22.6 Å². The van der Waals surface area contributed by atoms with Crippen LogP contribution in [0, 0.1) is 10.1 Å². The molecule has 0 spiro atoms. The Bertz CT molecular complexity index is 989. The second kappa shape index (κ2) is 6.05. The van der Waals surface area contributed by atoms with Crippen molar-refractivity contribution < 1.29 is 18.9 Å². The molecule has 0 saturated heterocycles. The van der Waals surface area contributed by atoms with E-state index in [2.05, 4.69) is 0 Å². The third-order valence-corrected chi connectivity index (χ3v) is 4.46. The van der Waals surface area contributed by atoms with Gasteiger partial charge in [-0.15, -0.1) is 0 Å². The average molecular weight is 337 g/mol. The summed E-state index contributed by atoms with van der Waals surface area (Å²) < 4.78 is 11.2. The molecule has 0 unspecified atom stereocenters. The maximum atomic E-state index is 12.4. The lowest BCUT2D eigenvalue weighted by atomic mass is 9.96. The van der Waals surface area contributed by atoms with Crippen LogP contribution in [-0.4, -0.2) is 10.9 Å². The number of carbonyl (C=O) groups excluding carboxylic acids is 1. The molecule has 0 amide bonds. The first-order chi connectivity index (χ1) is 12.1. The van der Waals surface area contributed by atoms with Gasteiger partial charge in [-0.1, -0.05) is 12.1 Å². The molecule has 3 aromatic rings. The van der Waals surface area contributed by atoms with Gasteiger partial charge in [0.05, 0.1) is 4.92 Å². The number of fused-ring (bicyclic) bond motifs is 3. The molecule has 1 aliphatic carbocycles. The van der Waals surface area contributed by atoms with Gasteiger partial charge >= 0.3 is 5.97 Å². The molecule has 25 heavy (non-hydrogen) atoms. The molecular formula is C19H15NO5. The minimum absolute atomic E-state index is 0.0678. The summed E-state index contributed by atoms with van der Waals surface area (Å²) in [6, 6.07) is 10.9. The molecule has 0 N–H and O–H groups in total. The van der Waals surface area contributed by atoms with Crippen LogP contribution < -0.4 is 4.74 Å². The highest BCUT2D eigenvalue weighted by Crippen LogP contribution is 2.34. The minimum Gasteiger partial charge on any atom is -0.461 e. The van der Waals surface area contributed by atoms with Gasteiger partial charge in [-0.05, 0) is 43.5 Å². The van der Waals surface area contributed by atoms with E-state index >= 15 is 0 Å². The van der Waals surface area contributed by atoms with Gasteiger partial charge in [-0.2, -0.15) is 0 Å². The Hall–Kier alpha value is -3.15. The standard InChI is InChI=1S/C19H15NO5/c21-19(14-6-1-3-7-16(14)20(22)23)24-12-9-10-18-15(11-12)13-5-2-4-8-17(13)25-18/h1,3,6-7,9-11H,2,4-5,8H2. The van der Waals surface area contributed by atoms with Gasteiger partial charge in [0, 0.05) is 23.4 Å². The Labute approximate surface area is 143 Å². The van der Waals surface area contributed by atoms with Gasteiger partial charge in [-0.3, -0.25) is 10.1 Å². The smallest absolute Gasteiger partial charge is 0.350 e. The molecule has 1 aromatic heterocycles. The van der Waals surface area contributed by atoms with E-state index in [1.807, 2.05) is 0 Å². The zero-order chi connectivity index (χ0) is 17.4. The molecule has 4 rings (SSSR count). The fourth-order valence-corrected chi connectivity index (χ4v) is 3.27. The van der Waals surface area contributed by atoms with E-state index in [9.17, 15) is 14.9 Å². The number of esters is 1. The SMILES string of the molecule is O=C(Oc1ccc2oc3c(c2c1)CCCC3)c1ccccc1[N+](=O)[O-]. The highest BCUT2D eigenvalue weighted by Gasteiger charge is 2.22. The topological polar surface area (TPSA) is 82.6 Å². The number of rotatable bonds is 3. The van der Waals surface area contributed by atoms with E-state index in [0.717, 1.165) is 42.4 Å². The monoisotopic (exact) mass is 337 g/mol. The van der Waals surface area contributed by atoms with Gasteiger partial charge in [-0.25, -0.2) is 4.79 Å². The first kappa shape index (κ1) is 15.4. The second-order valence-electron chi connectivity index (χ2n) is 6.03. The lowest BCUT2D eigenvalue weighted by molar-refractivity contribution is -0.385. The molecule has 0 atom stereocenters. The summed E-state index contributed by atoms with van der Waals surface area (Å²) in [7, 11) is 0. The number of hydrogen-bond donors (Lipinski definition) is 0. The van der Waals surface area contributed by atoms with Crippen LogP contribution in [0.5, 0.6) is 5.75 Å². The summed E-state index contributed by atoms with van der Waals surface area (Å²) in [6.07, 6.45) is 4.10. The van der Waals surface area contributed by atoms with E-state index < -0.39 is 10.9 Å². The number of ether oxygens (including phenoxy) is 1. The fraction of sp³-hybridized carbons (Fsp3) is 0.211. The van der Waals surface area contributed by atoms with Crippen LogP contribution in [0.15, 0.2) is 46.9 Å². The Morgan fingerprint density at radius 3 is 2.76 bits per heavy atom. The van der Waals surface area contributed by atoms with Crippen molar-refractivity contribution in [3.05, 3.63) is 69.5 Å². The molecule has 6 heteroatoms. The number of nitro benzene ring substituents is 1. The van der Waals surface area contributed by atoms with Gasteiger partial charge in [0.1, 0.15) is 22.7 Å². The molecular weight excluding hydrogens is 322 g/mol. The van der Waals surface area contributed by atoms with E-state index in [1.54, 1.807) is 24.3 Å². The van der Waals surface area contributed by atoms with E-state index in [0.29, 0.717) is 5.75 Å². The van der Waals surface area contributed by atoms with Crippen LogP contribution in [0.2, 0.25) is 0 Å². The van der Waals surface area contributed by atoms with Crippen LogP contribution in [0.25, 0.3) is 11.0 Å². The first-order valence-electron chi connectivity index (χ1n) is 8.13. The molecule has 0 saturated carbocycles. The summed E-state index contributed by atoms with van der Waals surface area (Å²) in [4.78, 5) is 22.8. The minimum atomic E-state index is -0.746. The van der Waals surface area contributed by atoms with Crippen molar-refractivity contribution in [2.75, 3.05) is 0 Å². The van der Waals surface area contributed by atoms with Crippen LogP contribution in [-0.2, 0) is 12.8 Å². The third kappa shape index (κ3) is 2.76. The number of benzene rings is 2. The normalized spacial score (nSPS) is 13.4. The van der Waals surface area contributed by atoms with Crippen LogP contribution >= 0.6 is 0 Å². The zero-order valence-electron chi connectivity index (χ0n) is 13.4. The molecule has 1 aliphatic rings. The van der Waals surface area contributed by atoms with Crippen LogP contribution in [0.4, 0.5) is 5.69 Å². The van der Waals surface area contributed by atoms with Crippen molar-refractivity contribution in [2.24, 2.45) is 0 Å². The number of nitro groups is 1. The van der Waals surface area contributed by atoms with Crippen LogP contribution in [0.3, 0.4) is 0 Å². The van der Waals surface area contributed by atoms with Gasteiger partial charge in [0.2, 0.25) is 0 Å². The van der Waals surface area contributed by atoms with Crippen molar-refractivity contribution in [3.63, 3.8) is 0 Å². The Kier molecular flexibility index (Phi) is 3.72. The molecule has 126 valence electrons. The molecule has 6 nitrogen and oxygen atoms in total. The highest BCUT2D eigenvalue weighted by atomic mass is 16.6. The third-order valence-electron chi connectivity index (χ3n) is 4.46. The van der Waals surface area contributed by atoms with E-state index in [4.69, 9.17) is 9.15 Å². The van der Waals surface area contributed by atoms with Gasteiger partial charge < -0.3 is 9.15 Å². The van der Waals surface area contributed by atoms with Gasteiger partial charge in [0.25, 0.3) is 5.69 Å². The molecule has 1 heterocycles. The van der Waals surface area contributed by atoms with Gasteiger partial charge in [0.15, 0.2) is 0 Å². The zero-order valence-corrected chi connectivity index (χ0v) is 13.4. The molecule has 0 bridgehead atoms. The number of furan rings is 1. The number of nitrogens with zero attached hydrogens (tertiary/aromatic N) is 1. The summed E-state index contributed by atoms with van der Waals surface area (Å²) in [5.74, 6) is 0.609. The van der Waals surface area contributed by atoms with Crippen molar-refractivity contribution in [1.29, 1.82) is 0 Å². The fourth-order valence-electron chi connectivity index (χ4n) is 3.27. The Morgan fingerprint density at radius 2 is 1.92 bits per heavy atom. The number of para-hydroxylation sites is 1. The summed E-state index contributed by atoms with van der Waals surface area (Å²) >= 11 is 0. The highest BCUT2D eigenvalue weighted by molar-refractivity contribution is 5.95. The lowest BCUT2D eigenvalue weighted by Gasteiger charge is -2.09. The van der Waals surface area contributed by atoms with Crippen molar-refractivity contribution in [2.45, 2.75) is 25.7 Å². The number of carbonyl (C=O) groups is 1. The maximum Gasteiger partial charge on any atom is 0.350 e. The number of hydrogen-bond acceptors (Lipinski definition) is 5. The van der Waals surface area contributed by atoms with Crippen molar-refractivity contribution in [1.82, 2.24) is 0 Å². The molecule has 0 aliphatic heterocycles. The second-order valence-corrected chi connectivity index (χ2v) is 6.03. The van der Waals surface area contributed by atoms with Crippen LogP contribution in [0.1, 0.15) is 34.5 Å². The Balaban J connectivity index is 1.67. The quantitative estimate of drug-likeness (QED) is 0.305. The van der Waals surface area contributed by atoms with E-state index in [1.165, 1.54) is 23.8 Å². The van der Waals surface area contributed by atoms with E-state index in [-0.39, 0.29) is 11.3 Å². The summed E-state index contributed by atoms with van der Waals surface area (Å²) in [6.45, 7) is 0. The Morgan fingerprint density at radius 1 is 1.12 bits per heavy atom. The number of aryl methyl sites for hydroxylation is 2. The van der Waals surface area contributed by atoms with Crippen molar-refractivity contribution in [3.8, 4) is 5.75 Å². The maximum absolute atomic E-state index is 12.4. The molecule has 0 radical (unpaired) electrons. The summed E-state index contributed by atoms with van der Waals surface area (Å²) in [5, 5.41) is 12.0. The summed E-state index contributed by atoms with van der Waals surface area (Å²) in [5.41, 5.74) is 1.61. The molecule has 0 fully saturated rings. The molecule has 2 aromatic carbocycles. The largest absolute Gasteiger partial charge is 0.461 e. The lowest BCUT2D eigenvalue weighted by Crippen LogP contribution is -2.11. The predicted octanol–water partition coefficient (Wildman–Crippen LogP) is 4.44. The average Bonchev–Trinajstić information content (AvgIpc) is 2.99.